The number of urea groups is 1. The molecule has 0 aromatic heterocycles. The summed E-state index contributed by atoms with van der Waals surface area (Å²) in [6.07, 6.45) is 0. The number of rotatable bonds is 3. The minimum Gasteiger partial charge on any atom is -0.335 e. The van der Waals surface area contributed by atoms with Crippen molar-refractivity contribution in [3.05, 3.63) is 35.9 Å². The maximum atomic E-state index is 11.3. The summed E-state index contributed by atoms with van der Waals surface area (Å²) in [5.41, 5.74) is 0.663. The van der Waals surface area contributed by atoms with Gasteiger partial charge < -0.3 is 5.32 Å². The van der Waals surface area contributed by atoms with Crippen LogP contribution in [0.3, 0.4) is 0 Å². The molecule has 5 nitrogen and oxygen atoms in total. The second-order valence-corrected chi connectivity index (χ2v) is 3.79. The summed E-state index contributed by atoms with van der Waals surface area (Å²) in [5.74, 6) is 0. The van der Waals surface area contributed by atoms with Crippen molar-refractivity contribution >= 4 is 28.6 Å². The summed E-state index contributed by atoms with van der Waals surface area (Å²) >= 11 is 5.48. The number of carbonyl (C=O) groups is 2. The number of benzene rings is 1. The first kappa shape index (κ1) is 11.6. The lowest BCUT2D eigenvalue weighted by atomic mass is 10.1. The third kappa shape index (κ3) is 2.62. The van der Waals surface area contributed by atoms with Crippen molar-refractivity contribution in [2.45, 2.75) is 0 Å². The zero-order valence-electron chi connectivity index (χ0n) is 8.89. The molecule has 0 unspecified atom stereocenters. The van der Waals surface area contributed by atoms with Gasteiger partial charge in [-0.3, -0.25) is 4.79 Å². The Morgan fingerprint density at radius 1 is 1.35 bits per heavy atom. The lowest BCUT2D eigenvalue weighted by molar-refractivity contribution is -0.106. The number of nitrogens with zero attached hydrogens (tertiary/aromatic N) is 2. The van der Waals surface area contributed by atoms with Gasteiger partial charge in [0.2, 0.25) is 0 Å². The number of amides is 2. The van der Waals surface area contributed by atoms with Gasteiger partial charge >= 0.3 is 6.03 Å². The van der Waals surface area contributed by atoms with E-state index in [2.05, 4.69) is 10.4 Å². The fourth-order valence-corrected chi connectivity index (χ4v) is 1.63. The summed E-state index contributed by atoms with van der Waals surface area (Å²) in [6.45, 7) is 0.945. The molecule has 0 radical (unpaired) electrons. The van der Waals surface area contributed by atoms with E-state index in [1.54, 1.807) is 24.3 Å². The molecule has 0 saturated carbocycles. The molecule has 1 aromatic rings. The number of hydrogen-bond acceptors (Lipinski definition) is 3. The SMILES string of the molecule is O=C(Cl)/C(=N\N1CCNC1=O)c1ccccc1. The van der Waals surface area contributed by atoms with E-state index in [4.69, 9.17) is 11.6 Å². The Bertz CT molecular complexity index is 473. The third-order valence-electron chi connectivity index (χ3n) is 2.29. The lowest BCUT2D eigenvalue weighted by Gasteiger charge is -2.09. The van der Waals surface area contributed by atoms with Gasteiger partial charge in [-0.2, -0.15) is 5.10 Å². The number of hydrazone groups is 1. The van der Waals surface area contributed by atoms with Crippen LogP contribution in [0.4, 0.5) is 4.79 Å². The number of carbonyl (C=O) groups excluding carboxylic acids is 2. The van der Waals surface area contributed by atoms with Crippen LogP contribution in [0.5, 0.6) is 0 Å². The Morgan fingerprint density at radius 2 is 2.06 bits per heavy atom. The lowest BCUT2D eigenvalue weighted by Crippen LogP contribution is -2.26. The molecule has 1 fully saturated rings. The van der Waals surface area contributed by atoms with Gasteiger partial charge in [0.1, 0.15) is 0 Å². The summed E-state index contributed by atoms with van der Waals surface area (Å²) in [4.78, 5) is 22.6. The largest absolute Gasteiger partial charge is 0.337 e. The van der Waals surface area contributed by atoms with Crippen molar-refractivity contribution in [2.75, 3.05) is 13.1 Å². The molecule has 1 N–H and O–H groups in total. The Labute approximate surface area is 103 Å². The minimum absolute atomic E-state index is 0.0734. The van der Waals surface area contributed by atoms with Crippen LogP contribution in [0, 0.1) is 0 Å². The minimum atomic E-state index is -0.684. The van der Waals surface area contributed by atoms with E-state index < -0.39 is 5.24 Å². The first-order valence-corrected chi connectivity index (χ1v) is 5.45. The van der Waals surface area contributed by atoms with E-state index in [1.807, 2.05) is 6.07 Å². The first-order valence-electron chi connectivity index (χ1n) is 5.07. The Kier molecular flexibility index (Phi) is 3.39. The van der Waals surface area contributed by atoms with E-state index >= 15 is 0 Å². The molecule has 0 spiro atoms. The van der Waals surface area contributed by atoms with E-state index in [0.29, 0.717) is 18.7 Å². The van der Waals surface area contributed by atoms with Gasteiger partial charge in [0.05, 0.1) is 6.54 Å². The van der Waals surface area contributed by atoms with E-state index in [-0.39, 0.29) is 11.7 Å². The van der Waals surface area contributed by atoms with Crippen LogP contribution in [-0.4, -0.2) is 35.1 Å². The Hall–Kier alpha value is -1.88. The predicted molar refractivity (Wildman–Crippen MR) is 63.9 cm³/mol. The van der Waals surface area contributed by atoms with Gasteiger partial charge in [-0.15, -0.1) is 0 Å². The van der Waals surface area contributed by atoms with Crippen LogP contribution >= 0.6 is 11.6 Å². The Morgan fingerprint density at radius 3 is 2.59 bits per heavy atom. The molecule has 2 rings (SSSR count). The van der Waals surface area contributed by atoms with Crippen molar-refractivity contribution in [1.82, 2.24) is 10.3 Å². The standard InChI is InChI=1S/C11H10ClN3O2/c12-10(16)9(8-4-2-1-3-5-8)14-15-7-6-13-11(15)17/h1-5H,6-7H2,(H,13,17)/b14-9-. The number of nitrogens with one attached hydrogen (secondary N) is 1. The van der Waals surface area contributed by atoms with Crippen LogP contribution in [0.15, 0.2) is 35.4 Å². The van der Waals surface area contributed by atoms with Crippen LogP contribution < -0.4 is 5.32 Å². The van der Waals surface area contributed by atoms with Crippen LogP contribution in [0.2, 0.25) is 0 Å². The molecule has 0 aliphatic carbocycles. The van der Waals surface area contributed by atoms with Gasteiger partial charge in [-0.05, 0) is 11.6 Å². The monoisotopic (exact) mass is 251 g/mol. The van der Waals surface area contributed by atoms with Gasteiger partial charge in [0.25, 0.3) is 5.24 Å². The highest BCUT2D eigenvalue weighted by molar-refractivity contribution is 6.84. The zero-order chi connectivity index (χ0) is 12.3. The molecule has 1 aromatic carbocycles. The summed E-state index contributed by atoms with van der Waals surface area (Å²) in [7, 11) is 0. The average Bonchev–Trinajstić information content (AvgIpc) is 2.72. The Balaban J connectivity index is 2.33. The van der Waals surface area contributed by atoms with Crippen molar-refractivity contribution in [2.24, 2.45) is 5.10 Å². The molecule has 17 heavy (non-hydrogen) atoms. The van der Waals surface area contributed by atoms with Gasteiger partial charge in [-0.1, -0.05) is 30.3 Å². The van der Waals surface area contributed by atoms with Crippen LogP contribution in [-0.2, 0) is 4.79 Å². The fourth-order valence-electron chi connectivity index (χ4n) is 1.48. The van der Waals surface area contributed by atoms with E-state index in [9.17, 15) is 9.59 Å². The summed E-state index contributed by atoms with van der Waals surface area (Å²) < 4.78 is 0. The summed E-state index contributed by atoms with van der Waals surface area (Å²) in [5, 5.41) is 7.09. The van der Waals surface area contributed by atoms with Gasteiger partial charge in [0, 0.05) is 12.1 Å². The molecule has 88 valence electrons. The van der Waals surface area contributed by atoms with Crippen molar-refractivity contribution in [3.8, 4) is 0 Å². The molecule has 1 saturated heterocycles. The molecule has 6 heteroatoms. The van der Waals surface area contributed by atoms with Gasteiger partial charge in [-0.25, -0.2) is 9.80 Å². The molecule has 0 atom stereocenters. The molecular weight excluding hydrogens is 242 g/mol. The van der Waals surface area contributed by atoms with Crippen molar-refractivity contribution in [1.29, 1.82) is 0 Å². The topological polar surface area (TPSA) is 61.8 Å². The quantitative estimate of drug-likeness (QED) is 0.648. The van der Waals surface area contributed by atoms with E-state index in [0.717, 1.165) is 0 Å². The highest BCUT2D eigenvalue weighted by atomic mass is 35.5. The normalized spacial score (nSPS) is 15.9. The number of halogens is 1. The van der Waals surface area contributed by atoms with Crippen LogP contribution in [0.1, 0.15) is 5.56 Å². The molecule has 0 bridgehead atoms. The third-order valence-corrected chi connectivity index (χ3v) is 2.47. The maximum absolute atomic E-state index is 11.3. The molecular formula is C11H10ClN3O2. The second kappa shape index (κ2) is 4.97. The van der Waals surface area contributed by atoms with Crippen molar-refractivity contribution < 1.29 is 9.59 Å². The molecule has 2 amide bonds. The highest BCUT2D eigenvalue weighted by Crippen LogP contribution is 2.07. The average molecular weight is 252 g/mol. The molecule has 1 aliphatic rings. The van der Waals surface area contributed by atoms with Crippen LogP contribution in [0.25, 0.3) is 0 Å². The smallest absolute Gasteiger partial charge is 0.335 e. The van der Waals surface area contributed by atoms with Crippen molar-refractivity contribution in [3.63, 3.8) is 0 Å². The summed E-state index contributed by atoms with van der Waals surface area (Å²) in [6, 6.07) is 8.47. The maximum Gasteiger partial charge on any atom is 0.337 e. The first-order chi connectivity index (χ1) is 8.18. The van der Waals surface area contributed by atoms with Gasteiger partial charge in [0.15, 0.2) is 5.71 Å². The van der Waals surface area contributed by atoms with E-state index in [1.165, 1.54) is 5.01 Å². The fraction of sp³-hybridized carbons (Fsp3) is 0.182. The number of hydrogen-bond donors (Lipinski definition) is 1. The molecule has 1 aliphatic heterocycles. The second-order valence-electron chi connectivity index (χ2n) is 3.44. The highest BCUT2D eigenvalue weighted by Gasteiger charge is 2.21. The molecule has 1 heterocycles. The zero-order valence-corrected chi connectivity index (χ0v) is 9.65. The predicted octanol–water partition coefficient (Wildman–Crippen LogP) is 1.18.